The molecule has 0 bridgehead atoms. The number of allylic oxidation sites excluding steroid dienone is 2. The summed E-state index contributed by atoms with van der Waals surface area (Å²) >= 11 is 0. The second-order valence-corrected chi connectivity index (χ2v) is 8.00. The Kier molecular flexibility index (Phi) is 8.30. The number of rotatable bonds is 9. The molecule has 3 rings (SSSR count). The predicted octanol–water partition coefficient (Wildman–Crippen LogP) is 1.09. The lowest BCUT2D eigenvalue weighted by Crippen LogP contribution is -2.54. The van der Waals surface area contributed by atoms with E-state index in [9.17, 15) is 9.18 Å². The summed E-state index contributed by atoms with van der Waals surface area (Å²) in [5.74, 6) is 0.491. The number of aromatic amines is 1. The summed E-state index contributed by atoms with van der Waals surface area (Å²) in [5, 5.41) is 13.1. The first kappa shape index (κ1) is 25.6. The molecule has 5 N–H and O–H groups in total. The van der Waals surface area contributed by atoms with Crippen LogP contribution in [0.5, 0.6) is 0 Å². The minimum Gasteiger partial charge on any atom is -0.385 e. The first-order valence-corrected chi connectivity index (χ1v) is 10.9. The summed E-state index contributed by atoms with van der Waals surface area (Å²) in [6.45, 7) is 7.92. The van der Waals surface area contributed by atoms with Gasteiger partial charge in [0, 0.05) is 32.4 Å². The van der Waals surface area contributed by atoms with E-state index < -0.39 is 17.9 Å². The normalized spacial score (nSPS) is 17.6. The minimum atomic E-state index is -0.618. The highest BCUT2D eigenvalue weighted by Crippen LogP contribution is 2.21. The van der Waals surface area contributed by atoms with Gasteiger partial charge in [-0.3, -0.25) is 9.89 Å². The number of ether oxygens (including phenoxy) is 1. The van der Waals surface area contributed by atoms with Crippen molar-refractivity contribution in [3.8, 4) is 0 Å². The van der Waals surface area contributed by atoms with Crippen LogP contribution in [0, 0.1) is 6.92 Å². The average Bonchev–Trinajstić information content (AvgIpc) is 3.25. The molecule has 1 aliphatic rings. The van der Waals surface area contributed by atoms with Crippen LogP contribution in [-0.2, 0) is 9.53 Å². The van der Waals surface area contributed by atoms with Crippen LogP contribution in [0.4, 0.5) is 28.1 Å². The van der Waals surface area contributed by atoms with E-state index in [1.54, 1.807) is 32.0 Å². The third-order valence-corrected chi connectivity index (χ3v) is 5.00. The Labute approximate surface area is 202 Å². The highest BCUT2D eigenvalue weighted by Gasteiger charge is 2.33. The molecule has 2 aromatic rings. The van der Waals surface area contributed by atoms with E-state index in [1.807, 2.05) is 6.92 Å². The number of aromatic nitrogens is 5. The van der Waals surface area contributed by atoms with Crippen molar-refractivity contribution in [2.75, 3.05) is 49.4 Å². The maximum Gasteiger partial charge on any atom is 0.247 e. The fraction of sp³-hybridized carbons (Fsp3) is 0.429. The summed E-state index contributed by atoms with van der Waals surface area (Å²) in [7, 11) is 3.35. The zero-order valence-electron chi connectivity index (χ0n) is 20.1. The van der Waals surface area contributed by atoms with Gasteiger partial charge in [0.15, 0.2) is 5.82 Å². The third-order valence-electron chi connectivity index (χ3n) is 5.00. The Bertz CT molecular complexity index is 1110. The van der Waals surface area contributed by atoms with Crippen LogP contribution in [0.25, 0.3) is 0 Å². The van der Waals surface area contributed by atoms with Gasteiger partial charge in [-0.2, -0.15) is 20.1 Å². The fourth-order valence-electron chi connectivity index (χ4n) is 3.12. The Morgan fingerprint density at radius 2 is 2.17 bits per heavy atom. The van der Waals surface area contributed by atoms with Gasteiger partial charge in [-0.1, -0.05) is 6.58 Å². The van der Waals surface area contributed by atoms with Crippen molar-refractivity contribution >= 4 is 35.4 Å². The summed E-state index contributed by atoms with van der Waals surface area (Å²) < 4.78 is 18.9. The highest BCUT2D eigenvalue weighted by molar-refractivity contribution is 5.88. The topological polar surface area (TPSA) is 163 Å². The van der Waals surface area contributed by atoms with E-state index in [4.69, 9.17) is 10.5 Å². The molecule has 0 aliphatic carbocycles. The van der Waals surface area contributed by atoms with Crippen LogP contribution in [0.1, 0.15) is 12.6 Å². The van der Waals surface area contributed by atoms with Crippen LogP contribution in [0.15, 0.2) is 35.7 Å². The van der Waals surface area contributed by atoms with Crippen LogP contribution >= 0.6 is 0 Å². The van der Waals surface area contributed by atoms with Crippen LogP contribution in [-0.4, -0.2) is 87.7 Å². The van der Waals surface area contributed by atoms with Gasteiger partial charge >= 0.3 is 0 Å². The van der Waals surface area contributed by atoms with Gasteiger partial charge in [-0.15, -0.1) is 0 Å². The van der Waals surface area contributed by atoms with Gasteiger partial charge in [-0.05, 0) is 19.9 Å². The van der Waals surface area contributed by atoms with E-state index in [1.165, 1.54) is 4.90 Å². The monoisotopic (exact) mass is 487 g/mol. The summed E-state index contributed by atoms with van der Waals surface area (Å²) in [4.78, 5) is 33.4. The molecule has 13 nitrogen and oxygen atoms in total. The fourth-order valence-corrected chi connectivity index (χ4v) is 3.12. The molecule has 3 heterocycles. The summed E-state index contributed by atoms with van der Waals surface area (Å²) in [5.41, 5.74) is 6.82. The van der Waals surface area contributed by atoms with Gasteiger partial charge in [-0.25, -0.2) is 9.38 Å². The van der Waals surface area contributed by atoms with Gasteiger partial charge in [0.05, 0.1) is 25.5 Å². The molecule has 0 radical (unpaired) electrons. The molecule has 0 saturated carbocycles. The first-order valence-electron chi connectivity index (χ1n) is 10.9. The minimum absolute atomic E-state index is 0.105. The quantitative estimate of drug-likeness (QED) is 0.229. The number of amides is 1. The number of nitrogens with zero attached hydrogens (tertiary/aromatic N) is 7. The molecular weight excluding hydrogens is 457 g/mol. The Morgan fingerprint density at radius 3 is 2.83 bits per heavy atom. The van der Waals surface area contributed by atoms with Gasteiger partial charge < -0.3 is 30.9 Å². The largest absolute Gasteiger partial charge is 0.385 e. The SMILES string of the molecule is C=C/C(F)=C\N=C(/N)[C@H](C)Nc1nc(Nc2cc(C)[nH]n2)nc(N2CCOC[C@@H]2C(=O)N(C)C)n1. The zero-order chi connectivity index (χ0) is 25.5. The number of halogens is 1. The lowest BCUT2D eigenvalue weighted by atomic mass is 10.2. The first-order chi connectivity index (χ1) is 16.7. The van der Waals surface area contributed by atoms with Crippen LogP contribution < -0.4 is 21.3 Å². The van der Waals surface area contributed by atoms with E-state index in [-0.39, 0.29) is 36.2 Å². The number of hydrogen-bond donors (Lipinski definition) is 4. The molecule has 0 spiro atoms. The number of morpholine rings is 1. The molecule has 1 aliphatic heterocycles. The zero-order valence-corrected chi connectivity index (χ0v) is 20.1. The molecule has 1 fully saturated rings. The van der Waals surface area contributed by atoms with Gasteiger partial charge in [0.1, 0.15) is 17.7 Å². The van der Waals surface area contributed by atoms with Gasteiger partial charge in [0.2, 0.25) is 23.8 Å². The third kappa shape index (κ3) is 6.72. The number of carbonyl (C=O) groups is 1. The number of nitrogens with one attached hydrogen (secondary N) is 3. The summed E-state index contributed by atoms with van der Waals surface area (Å²) in [6.07, 6.45) is 1.99. The highest BCUT2D eigenvalue weighted by atomic mass is 19.1. The van der Waals surface area contributed by atoms with Crippen molar-refractivity contribution in [1.82, 2.24) is 30.0 Å². The maximum atomic E-state index is 13.3. The number of H-pyrrole nitrogens is 1. The molecule has 1 saturated heterocycles. The second kappa shape index (κ2) is 11.4. The second-order valence-electron chi connectivity index (χ2n) is 8.00. The predicted molar refractivity (Wildman–Crippen MR) is 131 cm³/mol. The van der Waals surface area contributed by atoms with Crippen molar-refractivity contribution in [3.05, 3.63) is 36.4 Å². The smallest absolute Gasteiger partial charge is 0.247 e. The Hall–Kier alpha value is -4.07. The van der Waals surface area contributed by atoms with E-state index in [2.05, 4.69) is 47.4 Å². The number of likely N-dealkylation sites (N-methyl/N-ethyl adjacent to an activating group) is 1. The Morgan fingerprint density at radius 1 is 1.43 bits per heavy atom. The number of amidine groups is 1. The molecule has 188 valence electrons. The average molecular weight is 488 g/mol. The van der Waals surface area contributed by atoms with Crippen molar-refractivity contribution < 1.29 is 13.9 Å². The maximum absolute atomic E-state index is 13.3. The molecule has 35 heavy (non-hydrogen) atoms. The molecule has 0 aromatic carbocycles. The van der Waals surface area contributed by atoms with Crippen molar-refractivity contribution in [3.63, 3.8) is 0 Å². The van der Waals surface area contributed by atoms with E-state index in [0.717, 1.165) is 18.0 Å². The van der Waals surface area contributed by atoms with Crippen LogP contribution in [0.3, 0.4) is 0 Å². The number of hydrogen-bond acceptors (Lipinski definition) is 10. The number of anilines is 4. The number of carbonyl (C=O) groups excluding carboxylic acids is 1. The van der Waals surface area contributed by atoms with E-state index >= 15 is 0 Å². The lowest BCUT2D eigenvalue weighted by Gasteiger charge is -2.36. The number of nitrogens with two attached hydrogens (primary N) is 1. The standard InChI is InChI=1S/C21H30FN11O2/c1-6-14(22)10-24-17(23)13(3)25-19-27-20(26-16-9-12(2)30-31-16)29-21(28-19)33-7-8-35-11-15(33)18(34)32(4)5/h6,9-10,13,15H,1,7-8,11H2,2-5H3,(H2,23,24)(H3,25,26,27,28,29,30,31)/b14-10+/t13-,15+/m0/s1. The Balaban J connectivity index is 1.95. The summed E-state index contributed by atoms with van der Waals surface area (Å²) in [6, 6.07) is 0.631. The van der Waals surface area contributed by atoms with Crippen molar-refractivity contribution in [2.45, 2.75) is 25.9 Å². The van der Waals surface area contributed by atoms with Crippen molar-refractivity contribution in [1.29, 1.82) is 0 Å². The molecule has 0 unspecified atom stereocenters. The number of aryl methyl sites for hydroxylation is 1. The van der Waals surface area contributed by atoms with Gasteiger partial charge in [0.25, 0.3) is 0 Å². The molecular formula is C21H30FN11O2. The number of aliphatic imine (C=N–C) groups is 1. The molecule has 14 heteroatoms. The van der Waals surface area contributed by atoms with E-state index in [0.29, 0.717) is 19.0 Å². The molecule has 2 aromatic heterocycles. The van der Waals surface area contributed by atoms with Crippen LogP contribution in [0.2, 0.25) is 0 Å². The molecule has 1 amide bonds. The lowest BCUT2D eigenvalue weighted by molar-refractivity contribution is -0.132. The molecule has 2 atom stereocenters. The van der Waals surface area contributed by atoms with Crippen molar-refractivity contribution in [2.24, 2.45) is 10.7 Å².